The van der Waals surface area contributed by atoms with E-state index in [1.807, 2.05) is 38.1 Å². The third-order valence-electron chi connectivity index (χ3n) is 7.23. The Labute approximate surface area is 258 Å². The molecule has 0 aromatic heterocycles. The van der Waals surface area contributed by atoms with Gasteiger partial charge in [-0.15, -0.1) is 0 Å². The van der Waals surface area contributed by atoms with Crippen molar-refractivity contribution in [2.24, 2.45) is 11.5 Å². The van der Waals surface area contributed by atoms with Gasteiger partial charge in [0.1, 0.15) is 17.7 Å². The lowest BCUT2D eigenvalue weighted by Gasteiger charge is -2.25. The van der Waals surface area contributed by atoms with Crippen LogP contribution < -0.4 is 21.5 Å². The molecule has 0 bridgehead atoms. The second kappa shape index (κ2) is 16.5. The van der Waals surface area contributed by atoms with Crippen molar-refractivity contribution in [3.8, 4) is 5.75 Å². The van der Waals surface area contributed by atoms with Crippen molar-refractivity contribution < 1.29 is 28.2 Å². The van der Waals surface area contributed by atoms with Gasteiger partial charge in [-0.1, -0.05) is 38.1 Å². The molecule has 236 valence electrons. The Morgan fingerprint density at radius 1 is 0.932 bits per heavy atom. The van der Waals surface area contributed by atoms with Crippen LogP contribution in [-0.2, 0) is 17.7 Å². The summed E-state index contributed by atoms with van der Waals surface area (Å²) < 4.78 is 25.5. The van der Waals surface area contributed by atoms with Crippen LogP contribution in [-0.4, -0.2) is 61.6 Å². The Morgan fingerprint density at radius 3 is 2.25 bits per heavy atom. The largest absolute Gasteiger partial charge is 0.497 e. The maximum absolute atomic E-state index is 14.3. The number of aryl methyl sites for hydroxylation is 1. The van der Waals surface area contributed by atoms with Crippen LogP contribution in [0.25, 0.3) is 0 Å². The Balaban J connectivity index is 1.87. The topological polar surface area (TPSA) is 137 Å². The van der Waals surface area contributed by atoms with E-state index >= 15 is 0 Å². The second-order valence-electron chi connectivity index (χ2n) is 10.8. The van der Waals surface area contributed by atoms with Gasteiger partial charge in [0.25, 0.3) is 5.91 Å². The highest BCUT2D eigenvalue weighted by atomic mass is 19.1. The lowest BCUT2D eigenvalue weighted by Crippen LogP contribution is -2.46. The number of halogens is 1. The van der Waals surface area contributed by atoms with Crippen LogP contribution in [0.3, 0.4) is 0 Å². The summed E-state index contributed by atoms with van der Waals surface area (Å²) in [4.78, 5) is 40.7. The summed E-state index contributed by atoms with van der Waals surface area (Å²) in [6, 6.07) is 15.8. The first-order chi connectivity index (χ1) is 21.1. The molecule has 0 spiro atoms. The minimum Gasteiger partial charge on any atom is -0.497 e. The Bertz CT molecular complexity index is 1440. The number of hydrogen-bond donors (Lipinski definition) is 3. The number of amides is 2. The van der Waals surface area contributed by atoms with Gasteiger partial charge in [0.05, 0.1) is 12.7 Å². The van der Waals surface area contributed by atoms with Gasteiger partial charge in [-0.2, -0.15) is 0 Å². The summed E-state index contributed by atoms with van der Waals surface area (Å²) in [5.41, 5.74) is 14.4. The predicted octanol–water partition coefficient (Wildman–Crippen LogP) is 4.39. The molecule has 0 fully saturated rings. The van der Waals surface area contributed by atoms with Crippen LogP contribution in [0.4, 0.5) is 4.39 Å². The molecular weight excluding hydrogens is 563 g/mol. The van der Waals surface area contributed by atoms with Crippen molar-refractivity contribution in [2.75, 3.05) is 26.7 Å². The van der Waals surface area contributed by atoms with E-state index < -0.39 is 24.0 Å². The van der Waals surface area contributed by atoms with Crippen LogP contribution in [0.2, 0.25) is 0 Å². The summed E-state index contributed by atoms with van der Waals surface area (Å²) in [5.74, 6) is -1.48. The van der Waals surface area contributed by atoms with Gasteiger partial charge in [0.15, 0.2) is 0 Å². The quantitative estimate of drug-likeness (QED) is 0.206. The third kappa shape index (κ3) is 9.62. The molecule has 0 saturated heterocycles. The molecule has 0 heterocycles. The number of ether oxygens (including phenoxy) is 2. The van der Waals surface area contributed by atoms with E-state index in [-0.39, 0.29) is 41.4 Å². The average Bonchev–Trinajstić information content (AvgIpc) is 3.01. The fourth-order valence-electron chi connectivity index (χ4n) is 4.84. The van der Waals surface area contributed by atoms with Gasteiger partial charge in [-0.3, -0.25) is 9.59 Å². The first kappa shape index (κ1) is 34.2. The van der Waals surface area contributed by atoms with E-state index in [9.17, 15) is 18.8 Å². The molecule has 0 unspecified atom stereocenters. The molecule has 0 radical (unpaired) electrons. The lowest BCUT2D eigenvalue weighted by atomic mass is 10.00. The summed E-state index contributed by atoms with van der Waals surface area (Å²) in [6.45, 7) is 7.29. The highest BCUT2D eigenvalue weighted by molar-refractivity contribution is 6.03. The van der Waals surface area contributed by atoms with Crippen molar-refractivity contribution in [2.45, 2.75) is 58.7 Å². The maximum Gasteiger partial charge on any atom is 0.338 e. The zero-order valence-corrected chi connectivity index (χ0v) is 25.9. The molecule has 44 heavy (non-hydrogen) atoms. The van der Waals surface area contributed by atoms with Crippen LogP contribution >= 0.6 is 0 Å². The van der Waals surface area contributed by atoms with Crippen molar-refractivity contribution in [3.05, 3.63) is 99.9 Å². The molecule has 0 aliphatic carbocycles. The van der Waals surface area contributed by atoms with E-state index in [2.05, 4.69) is 5.32 Å². The number of benzene rings is 3. The first-order valence-corrected chi connectivity index (χ1v) is 14.9. The molecule has 0 aliphatic rings. The lowest BCUT2D eigenvalue weighted by molar-refractivity contribution is 0.0238. The number of rotatable bonds is 16. The number of nitrogens with one attached hydrogen (secondary N) is 1. The molecule has 3 aromatic carbocycles. The van der Waals surface area contributed by atoms with E-state index in [0.29, 0.717) is 36.5 Å². The number of methoxy groups -OCH3 is 1. The number of primary amides is 1. The van der Waals surface area contributed by atoms with Gasteiger partial charge in [-0.05, 0) is 79.3 Å². The van der Waals surface area contributed by atoms with Crippen molar-refractivity contribution in [1.29, 1.82) is 0 Å². The number of hydrogen-bond acceptors (Lipinski definition) is 7. The summed E-state index contributed by atoms with van der Waals surface area (Å²) in [5, 5.41) is 3.28. The van der Waals surface area contributed by atoms with Gasteiger partial charge in [0.2, 0.25) is 5.91 Å². The fourth-order valence-corrected chi connectivity index (χ4v) is 4.84. The monoisotopic (exact) mass is 606 g/mol. The minimum absolute atomic E-state index is 0.00368. The zero-order valence-electron chi connectivity index (χ0n) is 25.9. The Morgan fingerprint density at radius 2 is 1.61 bits per heavy atom. The SMILES string of the molecule is CCCN(CCC)C(=O)c1cc(C(N)=O)cc(C(=O)O[C@H](CNCc2cccc(OC)c2)[C@@H](N)Cc2ccc(C)c(F)c2)c1. The highest BCUT2D eigenvalue weighted by Crippen LogP contribution is 2.18. The number of nitrogens with two attached hydrogens (primary N) is 2. The number of carbonyl (C=O) groups excluding carboxylic acids is 3. The Kier molecular flexibility index (Phi) is 12.9. The molecule has 9 nitrogen and oxygen atoms in total. The molecule has 0 aliphatic heterocycles. The number of esters is 1. The second-order valence-corrected chi connectivity index (χ2v) is 10.8. The van der Waals surface area contributed by atoms with E-state index in [1.54, 1.807) is 31.1 Å². The first-order valence-electron chi connectivity index (χ1n) is 14.9. The summed E-state index contributed by atoms with van der Waals surface area (Å²) in [7, 11) is 1.59. The predicted molar refractivity (Wildman–Crippen MR) is 168 cm³/mol. The normalized spacial score (nSPS) is 12.3. The van der Waals surface area contributed by atoms with Crippen LogP contribution in [0.15, 0.2) is 60.7 Å². The molecule has 0 saturated carbocycles. The van der Waals surface area contributed by atoms with Crippen LogP contribution in [0.1, 0.15) is 74.5 Å². The van der Waals surface area contributed by atoms with Gasteiger partial charge < -0.3 is 31.2 Å². The van der Waals surface area contributed by atoms with Gasteiger partial charge >= 0.3 is 5.97 Å². The molecule has 2 amide bonds. The smallest absolute Gasteiger partial charge is 0.338 e. The zero-order chi connectivity index (χ0) is 32.2. The maximum atomic E-state index is 14.3. The van der Waals surface area contributed by atoms with E-state index in [4.69, 9.17) is 20.9 Å². The molecule has 2 atom stereocenters. The van der Waals surface area contributed by atoms with Crippen molar-refractivity contribution >= 4 is 17.8 Å². The number of carbonyl (C=O) groups is 3. The average molecular weight is 607 g/mol. The molecule has 3 rings (SSSR count). The summed E-state index contributed by atoms with van der Waals surface area (Å²) >= 11 is 0. The van der Waals surface area contributed by atoms with Gasteiger partial charge in [-0.25, -0.2) is 9.18 Å². The molecule has 10 heteroatoms. The minimum atomic E-state index is -0.842. The summed E-state index contributed by atoms with van der Waals surface area (Å²) in [6.07, 6.45) is 0.905. The molecule has 3 aromatic rings. The molecular formula is C34H43FN4O5. The standard InChI is InChI=1S/C34H43FN4O5/c1-5-12-39(13-6-2)33(41)26-17-25(32(37)40)18-27(19-26)34(42)44-31(21-38-20-24-8-7-9-28(14-24)43-4)30(36)16-23-11-10-22(3)29(35)15-23/h7-11,14-15,17-19,30-31,38H,5-6,12-13,16,20-21,36H2,1-4H3,(H2,37,40)/t30-,31+/m0/s1. The van der Waals surface area contributed by atoms with Crippen LogP contribution in [0, 0.1) is 12.7 Å². The van der Waals surface area contributed by atoms with E-state index in [0.717, 1.165) is 18.4 Å². The highest BCUT2D eigenvalue weighted by Gasteiger charge is 2.26. The van der Waals surface area contributed by atoms with Gasteiger partial charge in [0, 0.05) is 43.3 Å². The third-order valence-corrected chi connectivity index (χ3v) is 7.23. The van der Waals surface area contributed by atoms with E-state index in [1.165, 1.54) is 24.3 Å². The number of nitrogens with zero attached hydrogens (tertiary/aromatic N) is 1. The van der Waals surface area contributed by atoms with Crippen molar-refractivity contribution in [3.63, 3.8) is 0 Å². The van der Waals surface area contributed by atoms with Crippen molar-refractivity contribution in [1.82, 2.24) is 10.2 Å². The molecule has 5 N–H and O–H groups in total. The van der Waals surface area contributed by atoms with Crippen LogP contribution in [0.5, 0.6) is 5.75 Å². The fraction of sp³-hybridized carbons (Fsp3) is 0.382. The Hall–Kier alpha value is -4.28.